The molecule has 0 fully saturated rings. The van der Waals surface area contributed by atoms with Crippen LogP contribution < -0.4 is 14.4 Å². The second-order valence-corrected chi connectivity index (χ2v) is 11.2. The molecule has 8 nitrogen and oxygen atoms in total. The van der Waals surface area contributed by atoms with E-state index in [9.17, 15) is 18.0 Å². The van der Waals surface area contributed by atoms with Crippen LogP contribution >= 0.6 is 23.2 Å². The highest BCUT2D eigenvalue weighted by Gasteiger charge is 2.29. The summed E-state index contributed by atoms with van der Waals surface area (Å²) >= 11 is 12.4. The van der Waals surface area contributed by atoms with Gasteiger partial charge in [-0.1, -0.05) is 36.2 Å². The van der Waals surface area contributed by atoms with E-state index in [0.29, 0.717) is 46.6 Å². The molecule has 0 saturated heterocycles. The first-order valence-electron chi connectivity index (χ1n) is 12.2. The fourth-order valence-electron chi connectivity index (χ4n) is 3.92. The average Bonchev–Trinajstić information content (AvgIpc) is 2.83. The maximum Gasteiger partial charge on any atom is 0.242 e. The van der Waals surface area contributed by atoms with Crippen molar-refractivity contribution in [1.29, 1.82) is 0 Å². The van der Waals surface area contributed by atoms with Gasteiger partial charge in [0.05, 0.1) is 18.6 Å². The van der Waals surface area contributed by atoms with Gasteiger partial charge < -0.3 is 15.0 Å². The van der Waals surface area contributed by atoms with E-state index >= 15 is 0 Å². The van der Waals surface area contributed by atoms with Crippen molar-refractivity contribution in [3.05, 3.63) is 58.1 Å². The number of nitrogens with zero attached hydrogens (tertiary/aromatic N) is 2. The van der Waals surface area contributed by atoms with Crippen LogP contribution in [0.4, 0.5) is 5.69 Å². The quantitative estimate of drug-likeness (QED) is 0.348. The Bertz CT molecular complexity index is 1160. The van der Waals surface area contributed by atoms with Crippen molar-refractivity contribution >= 4 is 50.7 Å². The van der Waals surface area contributed by atoms with Crippen LogP contribution in [0.1, 0.15) is 45.6 Å². The highest BCUT2D eigenvalue weighted by molar-refractivity contribution is 7.92. The lowest BCUT2D eigenvalue weighted by Crippen LogP contribution is -2.49. The Kier molecular flexibility index (Phi) is 12.0. The van der Waals surface area contributed by atoms with Crippen LogP contribution in [0.3, 0.4) is 0 Å². The summed E-state index contributed by atoms with van der Waals surface area (Å²) in [5.74, 6) is 0.113. The Morgan fingerprint density at radius 2 is 1.73 bits per heavy atom. The molecule has 0 saturated carbocycles. The maximum atomic E-state index is 13.4. The summed E-state index contributed by atoms with van der Waals surface area (Å²) < 4.78 is 31.7. The first-order chi connectivity index (χ1) is 17.5. The van der Waals surface area contributed by atoms with E-state index < -0.39 is 16.1 Å². The fourth-order valence-corrected chi connectivity index (χ4v) is 5.36. The van der Waals surface area contributed by atoms with E-state index in [-0.39, 0.29) is 37.7 Å². The number of likely N-dealkylation sites (N-methyl/N-ethyl adjacent to an activating group) is 1. The minimum atomic E-state index is -3.59. The zero-order valence-electron chi connectivity index (χ0n) is 21.7. The normalized spacial score (nSPS) is 12.1. The first-order valence-corrected chi connectivity index (χ1v) is 14.8. The van der Waals surface area contributed by atoms with Crippen LogP contribution in [0.25, 0.3) is 0 Å². The highest BCUT2D eigenvalue weighted by Crippen LogP contribution is 2.25. The molecule has 204 valence electrons. The van der Waals surface area contributed by atoms with Crippen molar-refractivity contribution in [2.24, 2.45) is 0 Å². The van der Waals surface area contributed by atoms with Crippen LogP contribution in [0.2, 0.25) is 10.0 Å². The molecule has 2 aromatic rings. The summed E-state index contributed by atoms with van der Waals surface area (Å²) in [6.45, 7) is 6.68. The third-order valence-electron chi connectivity index (χ3n) is 5.68. The smallest absolute Gasteiger partial charge is 0.242 e. The van der Waals surface area contributed by atoms with E-state index in [1.165, 1.54) is 9.21 Å². The van der Waals surface area contributed by atoms with Crippen molar-refractivity contribution in [3.63, 3.8) is 0 Å². The molecule has 0 aliphatic heterocycles. The van der Waals surface area contributed by atoms with Crippen molar-refractivity contribution in [3.8, 4) is 5.75 Å². The lowest BCUT2D eigenvalue weighted by atomic mass is 10.1. The molecule has 0 spiro atoms. The van der Waals surface area contributed by atoms with Crippen molar-refractivity contribution < 1.29 is 22.7 Å². The van der Waals surface area contributed by atoms with Crippen LogP contribution in [0, 0.1) is 0 Å². The van der Waals surface area contributed by atoms with Gasteiger partial charge in [-0.25, -0.2) is 8.42 Å². The van der Waals surface area contributed by atoms with Gasteiger partial charge in [0.1, 0.15) is 11.8 Å². The second-order valence-electron chi connectivity index (χ2n) is 8.44. The van der Waals surface area contributed by atoms with Crippen molar-refractivity contribution in [1.82, 2.24) is 10.2 Å². The number of nitrogens with one attached hydrogen (secondary N) is 1. The topological polar surface area (TPSA) is 96.0 Å². The molecule has 0 aromatic heterocycles. The van der Waals surface area contributed by atoms with Gasteiger partial charge in [0.15, 0.2) is 0 Å². The molecule has 0 aliphatic carbocycles. The van der Waals surface area contributed by atoms with Gasteiger partial charge in [-0.15, -0.1) is 0 Å². The summed E-state index contributed by atoms with van der Waals surface area (Å²) in [6, 6.07) is 11.1. The molecule has 37 heavy (non-hydrogen) atoms. The number of hydrogen-bond donors (Lipinski definition) is 1. The largest absolute Gasteiger partial charge is 0.494 e. The number of carbonyl (C=O) groups excluding carboxylic acids is 2. The van der Waals surface area contributed by atoms with Crippen molar-refractivity contribution in [2.45, 2.75) is 52.6 Å². The average molecular weight is 573 g/mol. The van der Waals surface area contributed by atoms with E-state index in [1.54, 1.807) is 42.5 Å². The summed E-state index contributed by atoms with van der Waals surface area (Å²) in [7, 11) is -3.59. The zero-order chi connectivity index (χ0) is 27.6. The molecule has 1 N–H and O–H groups in total. The van der Waals surface area contributed by atoms with Gasteiger partial charge >= 0.3 is 0 Å². The highest BCUT2D eigenvalue weighted by atomic mass is 35.5. The number of rotatable bonds is 14. The molecule has 11 heteroatoms. The number of halogens is 2. The predicted octanol–water partition coefficient (Wildman–Crippen LogP) is 4.88. The van der Waals surface area contributed by atoms with Gasteiger partial charge in [-0.3, -0.25) is 13.9 Å². The standard InChI is InChI=1S/C26H35Cl2N3O5S/c1-5-24(26(33)29-6-2)30(18-19-10-11-20(27)17-23(19)28)25(32)9-8-16-31(37(4,34)35)21-12-14-22(15-13-21)36-7-3/h10-15,17,24H,5-9,16,18H2,1-4H3,(H,29,33). The fraction of sp³-hybridized carbons (Fsp3) is 0.462. The van der Waals surface area contributed by atoms with Gasteiger partial charge in [-0.05, 0) is 68.7 Å². The SMILES string of the molecule is CCNC(=O)C(CC)N(Cc1ccc(Cl)cc1Cl)C(=O)CCCN(c1ccc(OCC)cc1)S(C)(=O)=O. The Morgan fingerprint density at radius 3 is 2.27 bits per heavy atom. The molecular formula is C26H35Cl2N3O5S. The van der Waals surface area contributed by atoms with E-state index in [4.69, 9.17) is 27.9 Å². The summed E-state index contributed by atoms with van der Waals surface area (Å²) in [5.41, 5.74) is 1.14. The number of ether oxygens (including phenoxy) is 1. The van der Waals surface area contributed by atoms with Crippen LogP contribution in [0.5, 0.6) is 5.75 Å². The Balaban J connectivity index is 2.22. The van der Waals surface area contributed by atoms with Crippen LogP contribution in [0.15, 0.2) is 42.5 Å². The second kappa shape index (κ2) is 14.4. The lowest BCUT2D eigenvalue weighted by molar-refractivity contribution is -0.141. The molecule has 1 atom stereocenters. The summed E-state index contributed by atoms with van der Waals surface area (Å²) in [5, 5.41) is 3.65. The predicted molar refractivity (Wildman–Crippen MR) is 149 cm³/mol. The monoisotopic (exact) mass is 571 g/mol. The van der Waals surface area contributed by atoms with Gasteiger partial charge in [-0.2, -0.15) is 0 Å². The minimum Gasteiger partial charge on any atom is -0.494 e. The first kappa shape index (κ1) is 30.7. The van der Waals surface area contributed by atoms with Gasteiger partial charge in [0.2, 0.25) is 21.8 Å². The van der Waals surface area contributed by atoms with Crippen molar-refractivity contribution in [2.75, 3.05) is 30.3 Å². The number of amides is 2. The van der Waals surface area contributed by atoms with Gasteiger partial charge in [0.25, 0.3) is 0 Å². The molecule has 2 rings (SSSR count). The van der Waals surface area contributed by atoms with Crippen LogP contribution in [-0.4, -0.2) is 57.1 Å². The van der Waals surface area contributed by atoms with Gasteiger partial charge in [0, 0.05) is 36.1 Å². The Labute approximate surface area is 229 Å². The lowest BCUT2D eigenvalue weighted by Gasteiger charge is -2.31. The summed E-state index contributed by atoms with van der Waals surface area (Å²) in [4.78, 5) is 27.7. The summed E-state index contributed by atoms with van der Waals surface area (Å²) in [6.07, 6.45) is 1.84. The molecule has 0 heterocycles. The number of anilines is 1. The molecule has 0 radical (unpaired) electrons. The number of hydrogen-bond acceptors (Lipinski definition) is 5. The molecule has 0 aliphatic rings. The number of benzene rings is 2. The Hall–Kier alpha value is -2.49. The minimum absolute atomic E-state index is 0.0458. The molecular weight excluding hydrogens is 537 g/mol. The molecule has 2 aromatic carbocycles. The Morgan fingerprint density at radius 1 is 1.05 bits per heavy atom. The molecule has 1 unspecified atom stereocenters. The maximum absolute atomic E-state index is 13.4. The molecule has 2 amide bonds. The zero-order valence-corrected chi connectivity index (χ0v) is 24.0. The van der Waals surface area contributed by atoms with E-state index in [2.05, 4.69) is 5.32 Å². The number of sulfonamides is 1. The third kappa shape index (κ3) is 9.09. The van der Waals surface area contributed by atoms with Crippen LogP contribution in [-0.2, 0) is 26.2 Å². The number of carbonyl (C=O) groups is 2. The van der Waals surface area contributed by atoms with E-state index in [0.717, 1.165) is 6.26 Å². The molecule has 0 bridgehead atoms. The third-order valence-corrected chi connectivity index (χ3v) is 7.46. The van der Waals surface area contributed by atoms with E-state index in [1.807, 2.05) is 20.8 Å².